The van der Waals surface area contributed by atoms with Gasteiger partial charge >= 0.3 is 5.97 Å². The molecule has 1 aromatic carbocycles. The SMILES string of the molecule is COC(=O)c1c(NC(=O)CSc2nnc(CCCOc3ccc(Cl)cc3C)n2C)sc2c1CCC(C)C2. The predicted octanol–water partition coefficient (Wildman–Crippen LogP) is 5.49. The van der Waals surface area contributed by atoms with Crippen LogP contribution in [0.5, 0.6) is 5.75 Å². The monoisotopic (exact) mass is 562 g/mol. The lowest BCUT2D eigenvalue weighted by atomic mass is 9.88. The molecule has 0 saturated carbocycles. The number of amides is 1. The highest BCUT2D eigenvalue weighted by atomic mass is 35.5. The fraction of sp³-hybridized carbons (Fsp3) is 0.462. The zero-order valence-corrected chi connectivity index (χ0v) is 23.8. The highest BCUT2D eigenvalue weighted by Crippen LogP contribution is 2.40. The maximum Gasteiger partial charge on any atom is 0.341 e. The molecule has 0 radical (unpaired) electrons. The van der Waals surface area contributed by atoms with Crippen LogP contribution in [0.25, 0.3) is 0 Å². The van der Waals surface area contributed by atoms with E-state index in [9.17, 15) is 9.59 Å². The van der Waals surface area contributed by atoms with Gasteiger partial charge in [0, 0.05) is 23.4 Å². The van der Waals surface area contributed by atoms with Crippen LogP contribution in [-0.2, 0) is 35.8 Å². The van der Waals surface area contributed by atoms with Gasteiger partial charge in [-0.05, 0) is 67.9 Å². The van der Waals surface area contributed by atoms with E-state index in [1.54, 1.807) is 0 Å². The van der Waals surface area contributed by atoms with Gasteiger partial charge in [0.2, 0.25) is 5.91 Å². The minimum Gasteiger partial charge on any atom is -0.493 e. The Morgan fingerprint density at radius 1 is 1.32 bits per heavy atom. The summed E-state index contributed by atoms with van der Waals surface area (Å²) in [5.41, 5.74) is 2.52. The zero-order valence-electron chi connectivity index (χ0n) is 21.4. The summed E-state index contributed by atoms with van der Waals surface area (Å²) in [6.07, 6.45) is 4.24. The number of ether oxygens (including phenoxy) is 2. The first kappa shape index (κ1) is 27.5. The van der Waals surface area contributed by atoms with Crippen molar-refractivity contribution >= 4 is 51.6 Å². The first-order chi connectivity index (χ1) is 17.8. The molecule has 0 spiro atoms. The molecule has 2 heterocycles. The van der Waals surface area contributed by atoms with Crippen molar-refractivity contribution in [2.24, 2.45) is 13.0 Å². The number of methoxy groups -OCH3 is 1. The maximum atomic E-state index is 12.8. The smallest absolute Gasteiger partial charge is 0.341 e. The van der Waals surface area contributed by atoms with Crippen molar-refractivity contribution in [3.63, 3.8) is 0 Å². The first-order valence-corrected chi connectivity index (χ1v) is 14.4. The van der Waals surface area contributed by atoms with Crippen LogP contribution < -0.4 is 10.1 Å². The lowest BCUT2D eigenvalue weighted by Crippen LogP contribution is -2.17. The number of fused-ring (bicyclic) bond motifs is 1. The third-order valence-corrected chi connectivity index (χ3v) is 8.78. The molecular formula is C26H31ClN4O4S2. The van der Waals surface area contributed by atoms with E-state index in [0.29, 0.717) is 39.7 Å². The zero-order chi connectivity index (χ0) is 26.5. The molecule has 4 rings (SSSR count). The Kier molecular flexibility index (Phi) is 9.15. The third kappa shape index (κ3) is 6.66. The Bertz CT molecular complexity index is 1290. The summed E-state index contributed by atoms with van der Waals surface area (Å²) < 4.78 is 12.8. The second-order valence-corrected chi connectivity index (χ2v) is 11.7. The van der Waals surface area contributed by atoms with Crippen LogP contribution in [0, 0.1) is 12.8 Å². The molecule has 198 valence electrons. The van der Waals surface area contributed by atoms with Crippen LogP contribution in [0.4, 0.5) is 5.00 Å². The number of rotatable bonds is 10. The topological polar surface area (TPSA) is 95.3 Å². The summed E-state index contributed by atoms with van der Waals surface area (Å²) in [5, 5.41) is 13.4. The minimum absolute atomic E-state index is 0.157. The van der Waals surface area contributed by atoms with Crippen LogP contribution in [0.15, 0.2) is 23.4 Å². The molecule has 2 aromatic heterocycles. The van der Waals surface area contributed by atoms with Crippen LogP contribution in [-0.4, -0.2) is 46.1 Å². The molecule has 0 aliphatic heterocycles. The molecule has 3 aromatic rings. The van der Waals surface area contributed by atoms with Gasteiger partial charge in [-0.25, -0.2) is 4.79 Å². The van der Waals surface area contributed by atoms with Crippen molar-refractivity contribution in [1.82, 2.24) is 14.8 Å². The second kappa shape index (κ2) is 12.3. The average molecular weight is 563 g/mol. The summed E-state index contributed by atoms with van der Waals surface area (Å²) in [7, 11) is 3.26. The van der Waals surface area contributed by atoms with Crippen molar-refractivity contribution in [3.05, 3.63) is 50.6 Å². The number of nitrogens with zero attached hydrogens (tertiary/aromatic N) is 3. The van der Waals surface area contributed by atoms with Crippen LogP contribution in [0.2, 0.25) is 5.02 Å². The van der Waals surface area contributed by atoms with E-state index >= 15 is 0 Å². The summed E-state index contributed by atoms with van der Waals surface area (Å²) in [5.74, 6) is 1.77. The van der Waals surface area contributed by atoms with Crippen LogP contribution in [0.3, 0.4) is 0 Å². The highest BCUT2D eigenvalue weighted by molar-refractivity contribution is 7.99. The average Bonchev–Trinajstić information content (AvgIpc) is 3.39. The van der Waals surface area contributed by atoms with Gasteiger partial charge in [0.15, 0.2) is 5.16 Å². The second-order valence-electron chi connectivity index (χ2n) is 9.20. The van der Waals surface area contributed by atoms with E-state index in [2.05, 4.69) is 22.4 Å². The highest BCUT2D eigenvalue weighted by Gasteiger charge is 2.29. The molecule has 37 heavy (non-hydrogen) atoms. The number of nitrogens with one attached hydrogen (secondary N) is 1. The Labute approximate surface area is 230 Å². The van der Waals surface area contributed by atoms with Crippen molar-refractivity contribution in [3.8, 4) is 5.75 Å². The van der Waals surface area contributed by atoms with Crippen molar-refractivity contribution < 1.29 is 19.1 Å². The number of thiophene rings is 1. The number of halogens is 1. The van der Waals surface area contributed by atoms with Gasteiger partial charge in [0.25, 0.3) is 0 Å². The standard InChI is InChI=1S/C26H31ClN4O4S2/c1-15-7-9-18-20(12-15)37-24(23(18)25(33)34-4)28-22(32)14-36-26-30-29-21(31(26)3)6-5-11-35-19-10-8-17(27)13-16(19)2/h8,10,13,15H,5-7,9,11-12,14H2,1-4H3,(H,28,32). The van der Waals surface area contributed by atoms with Gasteiger partial charge < -0.3 is 19.4 Å². The van der Waals surface area contributed by atoms with Crippen LogP contribution in [0.1, 0.15) is 52.0 Å². The van der Waals surface area contributed by atoms with Crippen molar-refractivity contribution in [2.45, 2.75) is 51.1 Å². The fourth-order valence-corrected chi connectivity index (χ4v) is 6.70. The summed E-state index contributed by atoms with van der Waals surface area (Å²) in [6.45, 7) is 4.72. The first-order valence-electron chi connectivity index (χ1n) is 12.2. The van der Waals surface area contributed by atoms with Gasteiger partial charge in [0.1, 0.15) is 16.6 Å². The molecule has 1 amide bonds. The lowest BCUT2D eigenvalue weighted by Gasteiger charge is -2.18. The summed E-state index contributed by atoms with van der Waals surface area (Å²) in [4.78, 5) is 26.4. The van der Waals surface area contributed by atoms with E-state index in [1.807, 2.05) is 36.7 Å². The molecule has 0 bridgehead atoms. The molecule has 1 N–H and O–H groups in total. The number of carbonyl (C=O) groups is 2. The Balaban J connectivity index is 1.30. The number of aryl methyl sites for hydroxylation is 2. The predicted molar refractivity (Wildman–Crippen MR) is 147 cm³/mol. The largest absolute Gasteiger partial charge is 0.493 e. The lowest BCUT2D eigenvalue weighted by molar-refractivity contribution is -0.113. The van der Waals surface area contributed by atoms with Gasteiger partial charge in [-0.3, -0.25) is 4.79 Å². The van der Waals surface area contributed by atoms with Gasteiger partial charge in [-0.2, -0.15) is 0 Å². The molecule has 1 aliphatic carbocycles. The number of benzene rings is 1. The normalized spacial score (nSPS) is 14.8. The van der Waals surface area contributed by atoms with Gasteiger partial charge in [-0.1, -0.05) is 30.3 Å². The Morgan fingerprint density at radius 3 is 2.89 bits per heavy atom. The summed E-state index contributed by atoms with van der Waals surface area (Å²) >= 11 is 8.79. The maximum absolute atomic E-state index is 12.8. The van der Waals surface area contributed by atoms with Crippen molar-refractivity contribution in [2.75, 3.05) is 24.8 Å². The van der Waals surface area contributed by atoms with Gasteiger partial charge in [0.05, 0.1) is 25.0 Å². The van der Waals surface area contributed by atoms with E-state index in [-0.39, 0.29) is 11.7 Å². The molecule has 0 fully saturated rings. The fourth-order valence-electron chi connectivity index (χ4n) is 4.33. The van der Waals surface area contributed by atoms with E-state index < -0.39 is 5.97 Å². The number of carbonyl (C=O) groups excluding carboxylic acids is 2. The number of esters is 1. The molecule has 1 unspecified atom stereocenters. The molecular weight excluding hydrogens is 532 g/mol. The van der Waals surface area contributed by atoms with Gasteiger partial charge in [-0.15, -0.1) is 21.5 Å². The van der Waals surface area contributed by atoms with Crippen LogP contribution >= 0.6 is 34.7 Å². The number of hydrogen-bond acceptors (Lipinski definition) is 8. The Hall–Kier alpha value is -2.56. The number of anilines is 1. The quantitative estimate of drug-likeness (QED) is 0.198. The van der Waals surface area contributed by atoms with E-state index in [4.69, 9.17) is 21.1 Å². The molecule has 11 heteroatoms. The number of aromatic nitrogens is 3. The number of hydrogen-bond donors (Lipinski definition) is 1. The van der Waals surface area contributed by atoms with E-state index in [0.717, 1.165) is 53.3 Å². The minimum atomic E-state index is -0.400. The molecule has 0 saturated heterocycles. The Morgan fingerprint density at radius 2 is 2.14 bits per heavy atom. The molecule has 1 aliphatic rings. The van der Waals surface area contributed by atoms with E-state index in [1.165, 1.54) is 30.2 Å². The molecule has 8 nitrogen and oxygen atoms in total. The van der Waals surface area contributed by atoms with Crippen molar-refractivity contribution in [1.29, 1.82) is 0 Å². The summed E-state index contributed by atoms with van der Waals surface area (Å²) in [6, 6.07) is 5.57. The molecule has 1 atom stereocenters. The third-order valence-electron chi connectivity index (χ3n) is 6.35. The number of thioether (sulfide) groups is 1.